The van der Waals surface area contributed by atoms with Crippen LogP contribution in [0.5, 0.6) is 5.88 Å². The molecule has 0 saturated carbocycles. The fourth-order valence-electron chi connectivity index (χ4n) is 2.85. The lowest BCUT2D eigenvalue weighted by atomic mass is 10.2. The second-order valence-corrected chi connectivity index (χ2v) is 6.31. The van der Waals surface area contributed by atoms with Crippen molar-refractivity contribution < 1.29 is 9.53 Å². The van der Waals surface area contributed by atoms with Gasteiger partial charge in [0, 0.05) is 24.5 Å². The summed E-state index contributed by atoms with van der Waals surface area (Å²) in [5.74, 6) is 1.08. The van der Waals surface area contributed by atoms with Crippen LogP contribution in [0, 0.1) is 0 Å². The number of unbranched alkanes of at least 4 members (excludes halogenated alkanes) is 1. The number of ether oxygens (including phenoxy) is 1. The van der Waals surface area contributed by atoms with E-state index < -0.39 is 0 Å². The van der Waals surface area contributed by atoms with Crippen LogP contribution in [0.4, 0.5) is 0 Å². The Bertz CT molecular complexity index is 908. The molecular formula is C21H25N5O2. The van der Waals surface area contributed by atoms with Crippen molar-refractivity contribution in [3.63, 3.8) is 0 Å². The van der Waals surface area contributed by atoms with Crippen LogP contribution >= 0.6 is 0 Å². The molecule has 3 rings (SSSR count). The van der Waals surface area contributed by atoms with Gasteiger partial charge in [-0.1, -0.05) is 32.4 Å². The van der Waals surface area contributed by atoms with Gasteiger partial charge in [-0.15, -0.1) is 0 Å². The van der Waals surface area contributed by atoms with Crippen LogP contribution in [0.15, 0.2) is 48.9 Å². The molecule has 3 heterocycles. The molecule has 0 aliphatic rings. The first-order valence-corrected chi connectivity index (χ1v) is 9.57. The first-order valence-electron chi connectivity index (χ1n) is 9.57. The number of carbonyl (C=O) groups excluding carboxylic acids is 1. The van der Waals surface area contributed by atoms with Gasteiger partial charge in [0.05, 0.1) is 24.1 Å². The van der Waals surface area contributed by atoms with Crippen molar-refractivity contribution in [3.8, 4) is 11.7 Å². The second-order valence-electron chi connectivity index (χ2n) is 6.31. The van der Waals surface area contributed by atoms with E-state index in [2.05, 4.69) is 27.3 Å². The van der Waals surface area contributed by atoms with Crippen molar-refractivity contribution >= 4 is 5.91 Å². The first kappa shape index (κ1) is 19.5. The van der Waals surface area contributed by atoms with Gasteiger partial charge < -0.3 is 10.1 Å². The number of nitrogens with one attached hydrogen (secondary N) is 1. The Morgan fingerprint density at radius 1 is 1.14 bits per heavy atom. The van der Waals surface area contributed by atoms with E-state index in [1.807, 2.05) is 37.3 Å². The zero-order valence-corrected chi connectivity index (χ0v) is 16.3. The molecule has 1 N–H and O–H groups in total. The van der Waals surface area contributed by atoms with E-state index in [1.54, 1.807) is 23.3 Å². The number of hydrogen-bond donors (Lipinski definition) is 1. The lowest BCUT2D eigenvalue weighted by molar-refractivity contribution is 0.0949. The Balaban J connectivity index is 1.72. The molecular weight excluding hydrogens is 354 g/mol. The fraction of sp³-hybridized carbons (Fsp3) is 0.333. The third-order valence-corrected chi connectivity index (χ3v) is 4.34. The molecule has 0 radical (unpaired) electrons. The highest BCUT2D eigenvalue weighted by Crippen LogP contribution is 2.17. The lowest BCUT2D eigenvalue weighted by Gasteiger charge is -2.11. The lowest BCUT2D eigenvalue weighted by Crippen LogP contribution is -2.24. The molecule has 0 aliphatic heterocycles. The van der Waals surface area contributed by atoms with E-state index in [9.17, 15) is 4.79 Å². The average Bonchev–Trinajstić information content (AvgIpc) is 3.18. The maximum atomic E-state index is 12.8. The summed E-state index contributed by atoms with van der Waals surface area (Å²) in [6.07, 6.45) is 7.67. The second kappa shape index (κ2) is 9.64. The predicted octanol–water partition coefficient (Wildman–Crippen LogP) is 3.33. The number of hydrogen-bond acceptors (Lipinski definition) is 5. The number of aromatic nitrogens is 4. The van der Waals surface area contributed by atoms with Crippen LogP contribution in [0.3, 0.4) is 0 Å². The maximum absolute atomic E-state index is 12.8. The van der Waals surface area contributed by atoms with Crippen molar-refractivity contribution in [2.75, 3.05) is 6.61 Å². The predicted molar refractivity (Wildman–Crippen MR) is 107 cm³/mol. The van der Waals surface area contributed by atoms with Crippen LogP contribution in [-0.4, -0.2) is 32.3 Å². The number of nitrogens with zero attached hydrogens (tertiary/aromatic N) is 4. The molecule has 0 aromatic carbocycles. The summed E-state index contributed by atoms with van der Waals surface area (Å²) in [5, 5.41) is 7.31. The minimum Gasteiger partial charge on any atom is -0.477 e. The third-order valence-electron chi connectivity index (χ3n) is 4.34. The maximum Gasteiger partial charge on any atom is 0.255 e. The number of rotatable bonds is 9. The number of pyridine rings is 2. The molecule has 0 atom stereocenters. The first-order chi connectivity index (χ1) is 13.7. The van der Waals surface area contributed by atoms with Gasteiger partial charge in [0.2, 0.25) is 5.88 Å². The van der Waals surface area contributed by atoms with E-state index >= 15 is 0 Å². The van der Waals surface area contributed by atoms with Crippen molar-refractivity contribution in [1.82, 2.24) is 25.1 Å². The van der Waals surface area contributed by atoms with Crippen LogP contribution in [0.25, 0.3) is 5.82 Å². The quantitative estimate of drug-likeness (QED) is 0.577. The molecule has 3 aromatic heterocycles. The Hall–Kier alpha value is -3.22. The minimum atomic E-state index is -0.178. The van der Waals surface area contributed by atoms with Gasteiger partial charge in [-0.3, -0.25) is 4.79 Å². The summed E-state index contributed by atoms with van der Waals surface area (Å²) in [6.45, 7) is 5.06. The van der Waals surface area contributed by atoms with Gasteiger partial charge in [0.1, 0.15) is 0 Å². The molecule has 0 saturated heterocycles. The van der Waals surface area contributed by atoms with E-state index in [0.717, 1.165) is 24.1 Å². The topological polar surface area (TPSA) is 81.9 Å². The van der Waals surface area contributed by atoms with Crippen molar-refractivity contribution in [3.05, 3.63) is 65.7 Å². The van der Waals surface area contributed by atoms with Gasteiger partial charge >= 0.3 is 0 Å². The normalized spacial score (nSPS) is 10.6. The van der Waals surface area contributed by atoms with Crippen molar-refractivity contribution in [2.24, 2.45) is 0 Å². The third kappa shape index (κ3) is 4.54. The SMILES string of the molecule is CCCCOc1ncccc1CNC(=O)c1cnn(-c2ccccn2)c1CC. The molecule has 0 bridgehead atoms. The summed E-state index contributed by atoms with van der Waals surface area (Å²) in [5.41, 5.74) is 2.22. The Kier molecular flexibility index (Phi) is 6.73. The molecule has 7 heteroatoms. The zero-order valence-electron chi connectivity index (χ0n) is 16.3. The Morgan fingerprint density at radius 2 is 2.00 bits per heavy atom. The van der Waals surface area contributed by atoms with E-state index in [1.165, 1.54) is 0 Å². The fourth-order valence-corrected chi connectivity index (χ4v) is 2.85. The zero-order chi connectivity index (χ0) is 19.8. The van der Waals surface area contributed by atoms with Gasteiger partial charge in [-0.2, -0.15) is 5.10 Å². The monoisotopic (exact) mass is 379 g/mol. The van der Waals surface area contributed by atoms with Crippen LogP contribution in [0.2, 0.25) is 0 Å². The van der Waals surface area contributed by atoms with Crippen LogP contribution in [-0.2, 0) is 13.0 Å². The number of carbonyl (C=O) groups is 1. The molecule has 146 valence electrons. The molecule has 7 nitrogen and oxygen atoms in total. The van der Waals surface area contributed by atoms with E-state index in [4.69, 9.17) is 4.74 Å². The summed E-state index contributed by atoms with van der Waals surface area (Å²) in [7, 11) is 0. The molecule has 0 unspecified atom stereocenters. The standard InChI is InChI=1S/C21H25N5O2/c1-3-5-13-28-21-16(9-8-12-23-21)14-24-20(27)17-15-25-26(18(17)4-2)19-10-6-7-11-22-19/h6-12,15H,3-5,13-14H2,1-2H3,(H,24,27). The van der Waals surface area contributed by atoms with E-state index in [-0.39, 0.29) is 5.91 Å². The van der Waals surface area contributed by atoms with Crippen molar-refractivity contribution in [1.29, 1.82) is 0 Å². The van der Waals surface area contributed by atoms with Crippen LogP contribution < -0.4 is 10.1 Å². The van der Waals surface area contributed by atoms with Crippen LogP contribution in [0.1, 0.15) is 48.3 Å². The summed E-state index contributed by atoms with van der Waals surface area (Å²) >= 11 is 0. The highest BCUT2D eigenvalue weighted by Gasteiger charge is 2.18. The largest absolute Gasteiger partial charge is 0.477 e. The average molecular weight is 379 g/mol. The summed E-state index contributed by atoms with van der Waals surface area (Å²) in [4.78, 5) is 21.4. The molecule has 0 fully saturated rings. The summed E-state index contributed by atoms with van der Waals surface area (Å²) in [6, 6.07) is 9.35. The minimum absolute atomic E-state index is 0.178. The smallest absolute Gasteiger partial charge is 0.255 e. The Morgan fingerprint density at radius 3 is 2.75 bits per heavy atom. The molecule has 0 spiro atoms. The van der Waals surface area contributed by atoms with Gasteiger partial charge in [0.25, 0.3) is 5.91 Å². The summed E-state index contributed by atoms with van der Waals surface area (Å²) < 4.78 is 7.44. The molecule has 28 heavy (non-hydrogen) atoms. The number of amides is 1. The Labute approximate surface area is 164 Å². The highest BCUT2D eigenvalue weighted by molar-refractivity contribution is 5.95. The molecule has 3 aromatic rings. The van der Waals surface area contributed by atoms with Gasteiger partial charge in [-0.05, 0) is 31.0 Å². The molecule has 1 amide bonds. The van der Waals surface area contributed by atoms with E-state index in [0.29, 0.717) is 36.8 Å². The van der Waals surface area contributed by atoms with Crippen molar-refractivity contribution in [2.45, 2.75) is 39.7 Å². The highest BCUT2D eigenvalue weighted by atomic mass is 16.5. The van der Waals surface area contributed by atoms with Gasteiger partial charge in [-0.25, -0.2) is 14.6 Å². The van der Waals surface area contributed by atoms with Gasteiger partial charge in [0.15, 0.2) is 5.82 Å². The molecule has 0 aliphatic carbocycles.